The maximum atomic E-state index is 11.5. The lowest BCUT2D eigenvalue weighted by atomic mass is 10.2. The molecule has 2 rings (SSSR count). The predicted octanol–water partition coefficient (Wildman–Crippen LogP) is -0.131. The Morgan fingerprint density at radius 1 is 1.71 bits per heavy atom. The van der Waals surface area contributed by atoms with E-state index in [4.69, 9.17) is 9.26 Å². The summed E-state index contributed by atoms with van der Waals surface area (Å²) >= 11 is 0. The molecule has 0 spiro atoms. The number of aromatic nitrogens is 2. The molecule has 17 heavy (non-hydrogen) atoms. The predicted molar refractivity (Wildman–Crippen MR) is 58.5 cm³/mol. The van der Waals surface area contributed by atoms with Gasteiger partial charge in [-0.25, -0.2) is 0 Å². The Bertz CT molecular complexity index is 393. The summed E-state index contributed by atoms with van der Waals surface area (Å²) in [5.74, 6) is 0.194. The number of nitrogens with one attached hydrogen (secondary N) is 2. The van der Waals surface area contributed by atoms with Crippen LogP contribution in [0.25, 0.3) is 0 Å². The van der Waals surface area contributed by atoms with Crippen molar-refractivity contribution in [2.45, 2.75) is 25.5 Å². The van der Waals surface area contributed by atoms with Gasteiger partial charge in [-0.2, -0.15) is 4.98 Å². The fourth-order valence-electron chi connectivity index (χ4n) is 1.78. The Labute approximate surface area is 98.9 Å². The van der Waals surface area contributed by atoms with Crippen molar-refractivity contribution < 1.29 is 14.1 Å². The van der Waals surface area contributed by atoms with E-state index in [2.05, 4.69) is 20.8 Å². The summed E-state index contributed by atoms with van der Waals surface area (Å²) in [7, 11) is 1.67. The first-order valence-electron chi connectivity index (χ1n) is 5.62. The van der Waals surface area contributed by atoms with E-state index < -0.39 is 0 Å². The minimum atomic E-state index is -0.316. The van der Waals surface area contributed by atoms with Crippen molar-refractivity contribution >= 4 is 5.91 Å². The van der Waals surface area contributed by atoms with Gasteiger partial charge < -0.3 is 19.9 Å². The number of hydrogen-bond donors (Lipinski definition) is 2. The minimum Gasteiger partial charge on any atom is -0.380 e. The molecule has 0 radical (unpaired) electrons. The number of carbonyl (C=O) groups excluding carboxylic acids is 1. The lowest BCUT2D eigenvalue weighted by molar-refractivity contribution is 0.0942. The molecule has 1 fully saturated rings. The number of nitrogens with zero attached hydrogens (tertiary/aromatic N) is 2. The van der Waals surface area contributed by atoms with Crippen molar-refractivity contribution in [1.29, 1.82) is 0 Å². The van der Waals surface area contributed by atoms with E-state index in [-0.39, 0.29) is 23.9 Å². The van der Waals surface area contributed by atoms with Gasteiger partial charge in [0, 0.05) is 20.2 Å². The highest BCUT2D eigenvalue weighted by molar-refractivity contribution is 5.90. The van der Waals surface area contributed by atoms with Gasteiger partial charge in [0.05, 0.1) is 12.1 Å². The molecule has 1 aliphatic rings. The van der Waals surface area contributed by atoms with Crippen LogP contribution >= 0.6 is 0 Å². The second-order valence-electron chi connectivity index (χ2n) is 3.87. The molecule has 1 amide bonds. The van der Waals surface area contributed by atoms with Crippen molar-refractivity contribution in [2.24, 2.45) is 0 Å². The van der Waals surface area contributed by atoms with Crippen molar-refractivity contribution in [2.75, 3.05) is 20.2 Å². The summed E-state index contributed by atoms with van der Waals surface area (Å²) in [4.78, 5) is 15.5. The fourth-order valence-corrected chi connectivity index (χ4v) is 1.78. The molecule has 0 unspecified atom stereocenters. The van der Waals surface area contributed by atoms with Crippen LogP contribution in [0, 0.1) is 0 Å². The summed E-state index contributed by atoms with van der Waals surface area (Å²) in [6.07, 6.45) is 0.924. The molecule has 7 heteroatoms. The highest BCUT2D eigenvalue weighted by atomic mass is 16.5. The smallest absolute Gasteiger partial charge is 0.292 e. The average Bonchev–Trinajstić information content (AvgIpc) is 2.98. The van der Waals surface area contributed by atoms with Crippen LogP contribution < -0.4 is 10.6 Å². The van der Waals surface area contributed by atoms with Crippen molar-refractivity contribution in [1.82, 2.24) is 20.8 Å². The van der Waals surface area contributed by atoms with Crippen molar-refractivity contribution in [3.63, 3.8) is 0 Å². The molecule has 94 valence electrons. The highest BCUT2D eigenvalue weighted by Crippen LogP contribution is 2.23. The fraction of sp³-hybridized carbons (Fsp3) is 0.700. The molecule has 1 aromatic heterocycles. The van der Waals surface area contributed by atoms with E-state index in [9.17, 15) is 4.79 Å². The van der Waals surface area contributed by atoms with Gasteiger partial charge in [-0.3, -0.25) is 4.79 Å². The molecular formula is C10H16N4O3. The number of carbonyl (C=O) groups is 1. The van der Waals surface area contributed by atoms with Crippen LogP contribution in [-0.2, 0) is 4.74 Å². The van der Waals surface area contributed by atoms with Crippen LogP contribution in [0.2, 0.25) is 0 Å². The highest BCUT2D eigenvalue weighted by Gasteiger charge is 2.30. The van der Waals surface area contributed by atoms with E-state index >= 15 is 0 Å². The number of ether oxygens (including phenoxy) is 1. The van der Waals surface area contributed by atoms with Gasteiger partial charge in [0.15, 0.2) is 0 Å². The lowest BCUT2D eigenvalue weighted by Gasteiger charge is -2.04. The second kappa shape index (κ2) is 5.24. The van der Waals surface area contributed by atoms with Crippen LogP contribution in [-0.4, -0.2) is 42.4 Å². The van der Waals surface area contributed by atoms with Crippen molar-refractivity contribution in [3.05, 3.63) is 11.7 Å². The first kappa shape index (κ1) is 12.0. The average molecular weight is 240 g/mol. The number of methoxy groups -OCH3 is 1. The standard InChI is InChI=1S/C10H16N4O3/c1-3-11-9(15)8-13-10(17-14-8)7-4-6(16-2)5-12-7/h6-7,12H,3-5H2,1-2H3,(H,11,15)/t6-,7+/m0/s1. The maximum Gasteiger partial charge on any atom is 0.292 e. The molecule has 0 aromatic carbocycles. The third-order valence-corrected chi connectivity index (χ3v) is 2.70. The summed E-state index contributed by atoms with van der Waals surface area (Å²) in [6.45, 7) is 3.12. The Morgan fingerprint density at radius 2 is 2.53 bits per heavy atom. The molecule has 7 nitrogen and oxygen atoms in total. The zero-order valence-electron chi connectivity index (χ0n) is 9.90. The molecular weight excluding hydrogens is 224 g/mol. The molecule has 2 heterocycles. The van der Waals surface area contributed by atoms with Gasteiger partial charge >= 0.3 is 0 Å². The largest absolute Gasteiger partial charge is 0.380 e. The first-order valence-corrected chi connectivity index (χ1v) is 5.62. The molecule has 1 saturated heterocycles. The molecule has 1 aromatic rings. The van der Waals surface area contributed by atoms with Crippen LogP contribution in [0.1, 0.15) is 35.9 Å². The summed E-state index contributed by atoms with van der Waals surface area (Å²) in [5.41, 5.74) is 0. The van der Waals surface area contributed by atoms with Gasteiger partial charge in [0.25, 0.3) is 11.7 Å². The quantitative estimate of drug-likeness (QED) is 0.762. The summed E-state index contributed by atoms with van der Waals surface area (Å²) in [6, 6.07) is -0.0318. The Balaban J connectivity index is 2.01. The summed E-state index contributed by atoms with van der Waals surface area (Å²) < 4.78 is 10.3. The zero-order valence-corrected chi connectivity index (χ0v) is 9.90. The van der Waals surface area contributed by atoms with E-state index in [1.54, 1.807) is 7.11 Å². The molecule has 1 aliphatic heterocycles. The van der Waals surface area contributed by atoms with Crippen LogP contribution in [0.5, 0.6) is 0 Å². The van der Waals surface area contributed by atoms with E-state index in [1.807, 2.05) is 6.92 Å². The van der Waals surface area contributed by atoms with Crippen LogP contribution in [0.3, 0.4) is 0 Å². The van der Waals surface area contributed by atoms with Crippen molar-refractivity contribution in [3.8, 4) is 0 Å². The number of hydrogen-bond acceptors (Lipinski definition) is 6. The lowest BCUT2D eigenvalue weighted by Crippen LogP contribution is -2.24. The molecule has 2 N–H and O–H groups in total. The van der Waals surface area contributed by atoms with Crippen LogP contribution in [0.15, 0.2) is 4.52 Å². The SMILES string of the molecule is CCNC(=O)c1noc([C@H]2C[C@H](OC)CN2)n1. The van der Waals surface area contributed by atoms with Gasteiger partial charge in [-0.1, -0.05) is 5.16 Å². The molecule has 2 atom stereocenters. The second-order valence-corrected chi connectivity index (χ2v) is 3.87. The van der Waals surface area contributed by atoms with E-state index in [1.165, 1.54) is 0 Å². The van der Waals surface area contributed by atoms with E-state index in [0.717, 1.165) is 13.0 Å². The molecule has 0 saturated carbocycles. The number of rotatable bonds is 4. The Morgan fingerprint density at radius 3 is 3.18 bits per heavy atom. The summed E-state index contributed by atoms with van der Waals surface area (Å²) in [5, 5.41) is 9.47. The van der Waals surface area contributed by atoms with Gasteiger partial charge in [0.2, 0.25) is 5.89 Å². The normalized spacial score (nSPS) is 23.9. The Hall–Kier alpha value is -1.47. The van der Waals surface area contributed by atoms with Gasteiger partial charge in [-0.05, 0) is 13.3 Å². The monoisotopic (exact) mass is 240 g/mol. The molecule has 0 aliphatic carbocycles. The van der Waals surface area contributed by atoms with Gasteiger partial charge in [0.1, 0.15) is 0 Å². The third kappa shape index (κ3) is 2.62. The number of amides is 1. The van der Waals surface area contributed by atoms with Crippen LogP contribution in [0.4, 0.5) is 0 Å². The third-order valence-electron chi connectivity index (χ3n) is 2.70. The minimum absolute atomic E-state index is 0.0318. The molecule has 0 bridgehead atoms. The Kier molecular flexibility index (Phi) is 3.70. The maximum absolute atomic E-state index is 11.5. The first-order chi connectivity index (χ1) is 8.24. The van der Waals surface area contributed by atoms with Gasteiger partial charge in [-0.15, -0.1) is 0 Å². The zero-order chi connectivity index (χ0) is 12.3. The van der Waals surface area contributed by atoms with E-state index in [0.29, 0.717) is 12.4 Å². The topological polar surface area (TPSA) is 89.3 Å².